The highest BCUT2D eigenvalue weighted by molar-refractivity contribution is 7.12. The van der Waals surface area contributed by atoms with E-state index in [-0.39, 0.29) is 12.4 Å². The predicted octanol–water partition coefficient (Wildman–Crippen LogP) is 7.16. The van der Waals surface area contributed by atoms with Gasteiger partial charge in [0.2, 0.25) is 0 Å². The van der Waals surface area contributed by atoms with Gasteiger partial charge in [-0.25, -0.2) is 0 Å². The zero-order valence-electron chi connectivity index (χ0n) is 16.3. The molecule has 0 aliphatic carbocycles. The molecule has 0 fully saturated rings. The van der Waals surface area contributed by atoms with Gasteiger partial charge in [0.05, 0.1) is 12.1 Å². The maximum absolute atomic E-state index is 12.5. The van der Waals surface area contributed by atoms with Gasteiger partial charge in [-0.3, -0.25) is 4.79 Å². The van der Waals surface area contributed by atoms with Gasteiger partial charge in [0.1, 0.15) is 18.1 Å². The second kappa shape index (κ2) is 9.49. The molecular weight excluding hydrogens is 427 g/mol. The van der Waals surface area contributed by atoms with Gasteiger partial charge in [-0.1, -0.05) is 35.3 Å². The van der Waals surface area contributed by atoms with Crippen molar-refractivity contribution in [1.82, 2.24) is 0 Å². The Bertz CT molecular complexity index is 1070. The Morgan fingerprint density at radius 1 is 1.07 bits per heavy atom. The number of halogens is 2. The number of hydrogen-bond acceptors (Lipinski definition) is 4. The zero-order valence-corrected chi connectivity index (χ0v) is 18.6. The third-order valence-corrected chi connectivity index (χ3v) is 5.81. The highest BCUT2D eigenvalue weighted by atomic mass is 35.5. The van der Waals surface area contributed by atoms with Crippen LogP contribution in [0.4, 0.5) is 0 Å². The fraction of sp³-hybridized carbons (Fsp3) is 0.174. The molecule has 0 aliphatic heterocycles. The van der Waals surface area contributed by atoms with E-state index in [1.165, 1.54) is 0 Å². The van der Waals surface area contributed by atoms with Crippen LogP contribution >= 0.6 is 34.5 Å². The number of benzene rings is 2. The van der Waals surface area contributed by atoms with E-state index in [4.69, 9.17) is 32.7 Å². The van der Waals surface area contributed by atoms with Crippen LogP contribution in [0.2, 0.25) is 10.0 Å². The molecule has 3 aromatic rings. The predicted molar refractivity (Wildman–Crippen MR) is 121 cm³/mol. The van der Waals surface area contributed by atoms with Crippen LogP contribution in [-0.2, 0) is 6.61 Å². The van der Waals surface area contributed by atoms with Crippen molar-refractivity contribution in [2.75, 3.05) is 7.11 Å². The molecule has 6 heteroatoms. The monoisotopic (exact) mass is 446 g/mol. The van der Waals surface area contributed by atoms with E-state index in [9.17, 15) is 4.79 Å². The van der Waals surface area contributed by atoms with Crippen LogP contribution in [0.1, 0.15) is 31.2 Å². The van der Waals surface area contributed by atoms with Crippen LogP contribution < -0.4 is 9.47 Å². The number of carbonyl (C=O) groups excluding carboxylic acids is 1. The Balaban J connectivity index is 1.77. The summed E-state index contributed by atoms with van der Waals surface area (Å²) in [6.45, 7) is 4.23. The average Bonchev–Trinajstić information content (AvgIpc) is 3.03. The first-order valence-corrected chi connectivity index (χ1v) is 10.5. The van der Waals surface area contributed by atoms with Gasteiger partial charge in [-0.15, -0.1) is 11.3 Å². The molecule has 0 saturated heterocycles. The van der Waals surface area contributed by atoms with Gasteiger partial charge in [-0.2, -0.15) is 0 Å². The van der Waals surface area contributed by atoms with E-state index in [0.717, 1.165) is 26.4 Å². The number of hydrogen-bond donors (Lipinski definition) is 0. The molecule has 150 valence electrons. The van der Waals surface area contributed by atoms with Gasteiger partial charge >= 0.3 is 0 Å². The lowest BCUT2D eigenvalue weighted by Crippen LogP contribution is -2.00. The van der Waals surface area contributed by atoms with Crippen LogP contribution in [-0.4, -0.2) is 12.9 Å². The first kappa shape index (κ1) is 21.4. The van der Waals surface area contributed by atoms with Crippen LogP contribution in [0, 0.1) is 13.8 Å². The minimum Gasteiger partial charge on any atom is -0.496 e. The maximum atomic E-state index is 12.5. The summed E-state index contributed by atoms with van der Waals surface area (Å²) in [6.07, 6.45) is 3.39. The van der Waals surface area contributed by atoms with Crippen molar-refractivity contribution in [1.29, 1.82) is 0 Å². The molecule has 2 aromatic carbocycles. The molecule has 3 nitrogen and oxygen atoms in total. The summed E-state index contributed by atoms with van der Waals surface area (Å²) in [4.78, 5) is 14.6. The number of aryl methyl sites for hydroxylation is 2. The Morgan fingerprint density at radius 3 is 2.48 bits per heavy atom. The highest BCUT2D eigenvalue weighted by Crippen LogP contribution is 2.30. The summed E-state index contributed by atoms with van der Waals surface area (Å²) in [5, 5.41) is 0.993. The molecule has 0 amide bonds. The van der Waals surface area contributed by atoms with E-state index >= 15 is 0 Å². The quantitative estimate of drug-likeness (QED) is 0.285. The van der Waals surface area contributed by atoms with Crippen molar-refractivity contribution in [3.63, 3.8) is 0 Å². The molecule has 0 N–H and O–H groups in total. The normalized spacial score (nSPS) is 11.1. The molecule has 0 atom stereocenters. The van der Waals surface area contributed by atoms with Crippen molar-refractivity contribution in [2.45, 2.75) is 20.5 Å². The molecule has 0 aliphatic rings. The molecule has 1 heterocycles. The van der Waals surface area contributed by atoms with E-state index in [1.54, 1.807) is 48.8 Å². The lowest BCUT2D eigenvalue weighted by atomic mass is 10.1. The summed E-state index contributed by atoms with van der Waals surface area (Å²) in [5.41, 5.74) is 2.47. The minimum absolute atomic E-state index is 0.00610. The molecule has 0 bridgehead atoms. The molecule has 0 spiro atoms. The van der Waals surface area contributed by atoms with E-state index in [2.05, 4.69) is 0 Å². The third kappa shape index (κ3) is 5.41. The number of ketones is 1. The summed E-state index contributed by atoms with van der Waals surface area (Å²) in [6, 6.07) is 12.7. The molecule has 3 rings (SSSR count). The van der Waals surface area contributed by atoms with E-state index in [1.807, 2.05) is 38.1 Å². The SMILES string of the molecule is COc1ccc(/C=C/C(=O)c2cc(C)sc2C)cc1COc1ccc(Cl)cc1Cl. The van der Waals surface area contributed by atoms with Crippen molar-refractivity contribution >= 4 is 46.4 Å². The number of thiophene rings is 1. The lowest BCUT2D eigenvalue weighted by molar-refractivity contribution is 0.104. The van der Waals surface area contributed by atoms with E-state index < -0.39 is 0 Å². The van der Waals surface area contributed by atoms with Crippen LogP contribution in [0.25, 0.3) is 6.08 Å². The zero-order chi connectivity index (χ0) is 21.0. The van der Waals surface area contributed by atoms with Crippen molar-refractivity contribution < 1.29 is 14.3 Å². The Morgan fingerprint density at radius 2 is 1.83 bits per heavy atom. The Kier molecular flexibility index (Phi) is 7.01. The maximum Gasteiger partial charge on any atom is 0.186 e. The highest BCUT2D eigenvalue weighted by Gasteiger charge is 2.10. The lowest BCUT2D eigenvalue weighted by Gasteiger charge is -2.12. The summed E-state index contributed by atoms with van der Waals surface area (Å²) >= 11 is 13.7. The molecule has 1 aromatic heterocycles. The molecular formula is C23H20Cl2O3S. The number of allylic oxidation sites excluding steroid dienone is 1. The second-order valence-electron chi connectivity index (χ2n) is 6.46. The summed E-state index contributed by atoms with van der Waals surface area (Å²) < 4.78 is 11.3. The van der Waals surface area contributed by atoms with Crippen LogP contribution in [0.5, 0.6) is 11.5 Å². The number of ether oxygens (including phenoxy) is 2. The van der Waals surface area contributed by atoms with Crippen LogP contribution in [0.15, 0.2) is 48.5 Å². The van der Waals surface area contributed by atoms with Crippen molar-refractivity contribution in [3.05, 3.63) is 85.0 Å². The Labute approximate surface area is 184 Å². The first-order chi connectivity index (χ1) is 13.9. The van der Waals surface area contributed by atoms with Crippen LogP contribution in [0.3, 0.4) is 0 Å². The smallest absolute Gasteiger partial charge is 0.186 e. The van der Waals surface area contributed by atoms with Gasteiger partial charge in [0.15, 0.2) is 5.78 Å². The van der Waals surface area contributed by atoms with Gasteiger partial charge in [0, 0.05) is 25.9 Å². The van der Waals surface area contributed by atoms with Crippen molar-refractivity contribution in [2.24, 2.45) is 0 Å². The topological polar surface area (TPSA) is 35.5 Å². The molecule has 0 radical (unpaired) electrons. The molecule has 29 heavy (non-hydrogen) atoms. The standard InChI is InChI=1S/C23H20Cl2O3S/c1-14-10-19(15(2)29-14)21(26)7-4-16-5-8-22(27-3)17(11-16)13-28-23-9-6-18(24)12-20(23)25/h4-12H,13H2,1-3H3/b7-4+. The third-order valence-electron chi connectivity index (χ3n) is 4.32. The van der Waals surface area contributed by atoms with Crippen molar-refractivity contribution in [3.8, 4) is 11.5 Å². The number of rotatable bonds is 7. The van der Waals surface area contributed by atoms with E-state index in [0.29, 0.717) is 21.5 Å². The Hall–Kier alpha value is -2.27. The fourth-order valence-corrected chi connectivity index (χ4v) is 4.29. The fourth-order valence-electron chi connectivity index (χ4n) is 2.90. The second-order valence-corrected chi connectivity index (χ2v) is 8.76. The summed E-state index contributed by atoms with van der Waals surface area (Å²) in [7, 11) is 1.61. The first-order valence-electron chi connectivity index (χ1n) is 8.91. The van der Waals surface area contributed by atoms with Gasteiger partial charge < -0.3 is 9.47 Å². The average molecular weight is 447 g/mol. The van der Waals surface area contributed by atoms with Gasteiger partial charge in [-0.05, 0) is 61.9 Å². The summed E-state index contributed by atoms with van der Waals surface area (Å²) in [5.74, 6) is 1.23. The number of methoxy groups -OCH3 is 1. The molecule has 0 unspecified atom stereocenters. The largest absolute Gasteiger partial charge is 0.496 e. The number of carbonyl (C=O) groups is 1. The van der Waals surface area contributed by atoms with Gasteiger partial charge in [0.25, 0.3) is 0 Å². The molecule has 0 saturated carbocycles. The minimum atomic E-state index is -0.00610.